The first kappa shape index (κ1) is 12.2. The lowest BCUT2D eigenvalue weighted by atomic mass is 9.99. The van der Waals surface area contributed by atoms with Gasteiger partial charge in [-0.25, -0.2) is 0 Å². The van der Waals surface area contributed by atoms with Gasteiger partial charge in [0.25, 0.3) is 0 Å². The third-order valence-electron chi connectivity index (χ3n) is 3.52. The minimum absolute atomic E-state index is 0.599. The summed E-state index contributed by atoms with van der Waals surface area (Å²) in [6, 6.07) is 11.1. The highest BCUT2D eigenvalue weighted by Gasteiger charge is 2.23. The summed E-state index contributed by atoms with van der Waals surface area (Å²) in [7, 11) is 2.03. The van der Waals surface area contributed by atoms with E-state index in [0.717, 1.165) is 13.1 Å². The highest BCUT2D eigenvalue weighted by atomic mass is 15.2. The van der Waals surface area contributed by atoms with E-state index < -0.39 is 0 Å². The number of nitrogens with one attached hydrogen (secondary N) is 1. The van der Waals surface area contributed by atoms with Crippen LogP contribution in [0.25, 0.3) is 5.70 Å². The summed E-state index contributed by atoms with van der Waals surface area (Å²) >= 11 is 0. The fourth-order valence-electron chi connectivity index (χ4n) is 2.60. The predicted octanol–water partition coefficient (Wildman–Crippen LogP) is 2.73. The fraction of sp³-hybridized carbons (Fsp3) is 0.467. The molecule has 1 N–H and O–H groups in total. The summed E-state index contributed by atoms with van der Waals surface area (Å²) in [5, 5.41) is 3.29. The normalized spacial score (nSPS) is 20.3. The van der Waals surface area contributed by atoms with Crippen LogP contribution in [0.5, 0.6) is 0 Å². The molecule has 1 aromatic rings. The molecule has 0 aromatic heterocycles. The number of hydrogen-bond donors (Lipinski definition) is 1. The second-order valence-corrected chi connectivity index (χ2v) is 4.71. The summed E-state index contributed by atoms with van der Waals surface area (Å²) < 4.78 is 0. The highest BCUT2D eigenvalue weighted by molar-refractivity contribution is 5.62. The largest absolute Gasteiger partial charge is 0.367 e. The molecule has 1 saturated heterocycles. The Balaban J connectivity index is 2.11. The Morgan fingerprint density at radius 1 is 1.35 bits per heavy atom. The van der Waals surface area contributed by atoms with Crippen molar-refractivity contribution in [3.63, 3.8) is 0 Å². The number of likely N-dealkylation sites (N-methyl/N-ethyl adjacent to an activating group) is 1. The standard InChI is InChI=1S/C15H22N2/c1-13(14-8-4-3-5-9-14)17-11-7-6-10-15(17)12-16-2/h3-5,8-9,15-16H,1,6-7,10-12H2,2H3. The van der Waals surface area contributed by atoms with E-state index in [4.69, 9.17) is 0 Å². The average Bonchev–Trinajstić information content (AvgIpc) is 2.40. The molecule has 17 heavy (non-hydrogen) atoms. The van der Waals surface area contributed by atoms with Gasteiger partial charge >= 0.3 is 0 Å². The van der Waals surface area contributed by atoms with E-state index in [9.17, 15) is 0 Å². The van der Waals surface area contributed by atoms with Crippen molar-refractivity contribution in [3.8, 4) is 0 Å². The minimum Gasteiger partial charge on any atom is -0.367 e. The topological polar surface area (TPSA) is 15.3 Å². The van der Waals surface area contributed by atoms with Crippen molar-refractivity contribution >= 4 is 5.70 Å². The minimum atomic E-state index is 0.599. The monoisotopic (exact) mass is 230 g/mol. The van der Waals surface area contributed by atoms with E-state index in [-0.39, 0.29) is 0 Å². The van der Waals surface area contributed by atoms with Gasteiger partial charge in [-0.15, -0.1) is 0 Å². The zero-order valence-corrected chi connectivity index (χ0v) is 10.7. The Morgan fingerprint density at radius 3 is 2.82 bits per heavy atom. The Labute approximate surface area is 104 Å². The molecule has 0 spiro atoms. The first-order chi connectivity index (χ1) is 8.33. The lowest BCUT2D eigenvalue weighted by Gasteiger charge is -2.38. The molecule has 1 atom stereocenters. The van der Waals surface area contributed by atoms with Crippen LogP contribution in [0.1, 0.15) is 24.8 Å². The molecule has 1 aliphatic heterocycles. The molecule has 0 radical (unpaired) electrons. The number of hydrogen-bond acceptors (Lipinski definition) is 2. The second-order valence-electron chi connectivity index (χ2n) is 4.71. The highest BCUT2D eigenvalue weighted by Crippen LogP contribution is 2.26. The van der Waals surface area contributed by atoms with Crippen LogP contribution in [0.3, 0.4) is 0 Å². The number of likely N-dealkylation sites (tertiary alicyclic amines) is 1. The predicted molar refractivity (Wildman–Crippen MR) is 73.7 cm³/mol. The van der Waals surface area contributed by atoms with Crippen molar-refractivity contribution in [3.05, 3.63) is 42.5 Å². The molecule has 1 unspecified atom stereocenters. The number of benzene rings is 1. The van der Waals surface area contributed by atoms with Gasteiger partial charge in [-0.2, -0.15) is 0 Å². The fourth-order valence-corrected chi connectivity index (χ4v) is 2.60. The van der Waals surface area contributed by atoms with Gasteiger partial charge in [0.2, 0.25) is 0 Å². The number of nitrogens with zero attached hydrogens (tertiary/aromatic N) is 1. The number of piperidine rings is 1. The van der Waals surface area contributed by atoms with Gasteiger partial charge in [0.1, 0.15) is 0 Å². The second kappa shape index (κ2) is 5.87. The molecule has 2 nitrogen and oxygen atoms in total. The van der Waals surface area contributed by atoms with Gasteiger partial charge < -0.3 is 10.2 Å². The van der Waals surface area contributed by atoms with Gasteiger partial charge in [0, 0.05) is 24.8 Å². The van der Waals surface area contributed by atoms with Crippen LogP contribution in [0.2, 0.25) is 0 Å². The third-order valence-corrected chi connectivity index (χ3v) is 3.52. The Morgan fingerprint density at radius 2 is 2.12 bits per heavy atom. The quantitative estimate of drug-likeness (QED) is 0.855. The molecular weight excluding hydrogens is 208 g/mol. The molecule has 2 rings (SSSR count). The number of rotatable bonds is 4. The smallest absolute Gasteiger partial charge is 0.0414 e. The molecule has 0 aliphatic carbocycles. The van der Waals surface area contributed by atoms with E-state index in [1.165, 1.54) is 30.5 Å². The molecule has 1 heterocycles. The molecule has 1 aliphatic rings. The van der Waals surface area contributed by atoms with E-state index in [2.05, 4.69) is 47.1 Å². The van der Waals surface area contributed by atoms with Crippen molar-refractivity contribution in [2.24, 2.45) is 0 Å². The molecule has 1 fully saturated rings. The first-order valence-corrected chi connectivity index (χ1v) is 6.48. The Bertz CT molecular complexity index is 356. The summed E-state index contributed by atoms with van der Waals surface area (Å²) in [6.45, 7) is 6.47. The summed E-state index contributed by atoms with van der Waals surface area (Å²) in [5.41, 5.74) is 2.42. The molecule has 2 heteroatoms. The SMILES string of the molecule is C=C(c1ccccc1)N1CCCCC1CNC. The maximum absolute atomic E-state index is 4.28. The van der Waals surface area contributed by atoms with E-state index >= 15 is 0 Å². The van der Waals surface area contributed by atoms with Crippen LogP contribution in [-0.2, 0) is 0 Å². The van der Waals surface area contributed by atoms with Crippen molar-refractivity contribution in [1.82, 2.24) is 10.2 Å². The van der Waals surface area contributed by atoms with E-state index in [1.54, 1.807) is 0 Å². The lowest BCUT2D eigenvalue weighted by molar-refractivity contribution is 0.225. The molecule has 0 saturated carbocycles. The van der Waals surface area contributed by atoms with Crippen molar-refractivity contribution in [2.75, 3.05) is 20.1 Å². The van der Waals surface area contributed by atoms with Gasteiger partial charge in [-0.3, -0.25) is 0 Å². The molecule has 0 amide bonds. The van der Waals surface area contributed by atoms with Crippen LogP contribution in [0.15, 0.2) is 36.9 Å². The van der Waals surface area contributed by atoms with Crippen LogP contribution in [-0.4, -0.2) is 31.1 Å². The maximum Gasteiger partial charge on any atom is 0.0414 e. The summed E-state index contributed by atoms with van der Waals surface area (Å²) in [4.78, 5) is 2.47. The maximum atomic E-state index is 4.28. The van der Waals surface area contributed by atoms with E-state index in [0.29, 0.717) is 6.04 Å². The molecule has 92 valence electrons. The van der Waals surface area contributed by atoms with Crippen LogP contribution in [0, 0.1) is 0 Å². The van der Waals surface area contributed by atoms with Gasteiger partial charge in [0.05, 0.1) is 0 Å². The van der Waals surface area contributed by atoms with Gasteiger partial charge in [-0.1, -0.05) is 36.9 Å². The van der Waals surface area contributed by atoms with Gasteiger partial charge in [-0.05, 0) is 31.9 Å². The molecule has 1 aromatic carbocycles. The average molecular weight is 230 g/mol. The Hall–Kier alpha value is -1.28. The zero-order valence-electron chi connectivity index (χ0n) is 10.7. The lowest BCUT2D eigenvalue weighted by Crippen LogP contribution is -2.43. The van der Waals surface area contributed by atoms with Crippen molar-refractivity contribution < 1.29 is 0 Å². The zero-order chi connectivity index (χ0) is 12.1. The summed E-state index contributed by atoms with van der Waals surface area (Å²) in [6.07, 6.45) is 3.89. The first-order valence-electron chi connectivity index (χ1n) is 6.48. The molecular formula is C15H22N2. The van der Waals surface area contributed by atoms with Crippen molar-refractivity contribution in [2.45, 2.75) is 25.3 Å². The third kappa shape index (κ3) is 2.89. The molecule has 0 bridgehead atoms. The van der Waals surface area contributed by atoms with E-state index in [1.807, 2.05) is 7.05 Å². The van der Waals surface area contributed by atoms with Gasteiger partial charge in [0.15, 0.2) is 0 Å². The van der Waals surface area contributed by atoms with Crippen LogP contribution in [0.4, 0.5) is 0 Å². The Kier molecular flexibility index (Phi) is 4.21. The van der Waals surface area contributed by atoms with Crippen LogP contribution >= 0.6 is 0 Å². The summed E-state index contributed by atoms with van der Waals surface area (Å²) in [5.74, 6) is 0. The van der Waals surface area contributed by atoms with Crippen LogP contribution < -0.4 is 5.32 Å². The van der Waals surface area contributed by atoms with Crippen molar-refractivity contribution in [1.29, 1.82) is 0 Å².